The Balaban J connectivity index is 4.11. The molecular weight excluding hydrogens is 225 g/mol. The summed E-state index contributed by atoms with van der Waals surface area (Å²) >= 11 is 0. The maximum Gasteiger partial charge on any atom is 0.339 e. The number of nitrogens with two attached hydrogens (primary N) is 2. The number of rotatable bonds is 7. The Morgan fingerprint density at radius 3 is 2.20 bits per heavy atom. The molecule has 0 aromatic rings. The lowest BCUT2D eigenvalue weighted by atomic mass is 10.1. The van der Waals surface area contributed by atoms with Crippen molar-refractivity contribution in [2.24, 2.45) is 11.5 Å². The van der Waals surface area contributed by atoms with Crippen LogP contribution in [-0.2, 0) is 14.2 Å². The lowest BCUT2D eigenvalue weighted by Gasteiger charge is -2.14. The van der Waals surface area contributed by atoms with Crippen LogP contribution in [0.3, 0.4) is 0 Å². The van der Waals surface area contributed by atoms with Gasteiger partial charge in [-0.3, -0.25) is 19.5 Å². The van der Waals surface area contributed by atoms with Crippen LogP contribution in [-0.4, -0.2) is 33.9 Å². The van der Waals surface area contributed by atoms with Crippen molar-refractivity contribution in [3.05, 3.63) is 0 Å². The van der Waals surface area contributed by atoms with E-state index in [2.05, 4.69) is 5.32 Å². The normalized spacial score (nSPS) is 13.5. The SMILES string of the molecule is NC(=O)CC[C@H](NCP(=O)(O)O)C(N)=O. The van der Waals surface area contributed by atoms with Crippen molar-refractivity contribution in [2.75, 3.05) is 6.29 Å². The summed E-state index contributed by atoms with van der Waals surface area (Å²) in [7, 11) is -4.24. The average molecular weight is 239 g/mol. The molecule has 0 unspecified atom stereocenters. The largest absolute Gasteiger partial charge is 0.370 e. The quantitative estimate of drug-likeness (QED) is 0.318. The van der Waals surface area contributed by atoms with E-state index in [1.54, 1.807) is 0 Å². The molecule has 0 rings (SSSR count). The molecule has 0 spiro atoms. The lowest BCUT2D eigenvalue weighted by molar-refractivity contribution is -0.120. The van der Waals surface area contributed by atoms with Crippen LogP contribution >= 0.6 is 7.60 Å². The van der Waals surface area contributed by atoms with Crippen molar-refractivity contribution in [3.8, 4) is 0 Å². The third-order valence-electron chi connectivity index (χ3n) is 1.57. The van der Waals surface area contributed by atoms with Crippen molar-refractivity contribution >= 4 is 19.4 Å². The summed E-state index contributed by atoms with van der Waals surface area (Å²) in [6.07, 6.45) is -0.730. The fourth-order valence-corrected chi connectivity index (χ4v) is 1.32. The first-order chi connectivity index (χ1) is 6.72. The second-order valence-corrected chi connectivity index (χ2v) is 4.63. The van der Waals surface area contributed by atoms with Crippen LogP contribution in [0, 0.1) is 0 Å². The van der Waals surface area contributed by atoms with Crippen LogP contribution in [0.15, 0.2) is 0 Å². The summed E-state index contributed by atoms with van der Waals surface area (Å²) < 4.78 is 10.5. The molecule has 0 aliphatic rings. The maximum atomic E-state index is 10.8. The Morgan fingerprint density at radius 2 is 1.87 bits per heavy atom. The molecular formula is C6H14N3O5P. The predicted molar refractivity (Wildman–Crippen MR) is 51.5 cm³/mol. The van der Waals surface area contributed by atoms with Gasteiger partial charge in [0.25, 0.3) is 0 Å². The molecule has 0 saturated heterocycles. The van der Waals surface area contributed by atoms with Gasteiger partial charge in [0.15, 0.2) is 0 Å². The van der Waals surface area contributed by atoms with Gasteiger partial charge in [0.1, 0.15) is 0 Å². The van der Waals surface area contributed by atoms with Gasteiger partial charge in [-0.1, -0.05) is 0 Å². The van der Waals surface area contributed by atoms with Crippen molar-refractivity contribution in [3.63, 3.8) is 0 Å². The van der Waals surface area contributed by atoms with Crippen LogP contribution in [0.1, 0.15) is 12.8 Å². The van der Waals surface area contributed by atoms with Crippen molar-refractivity contribution in [1.82, 2.24) is 5.32 Å². The van der Waals surface area contributed by atoms with Gasteiger partial charge in [-0.2, -0.15) is 0 Å². The number of hydrogen-bond acceptors (Lipinski definition) is 4. The molecule has 0 aromatic carbocycles. The van der Waals surface area contributed by atoms with E-state index in [9.17, 15) is 14.2 Å². The molecule has 0 aliphatic heterocycles. The third kappa shape index (κ3) is 8.07. The average Bonchev–Trinajstić information content (AvgIpc) is 2.00. The standard InChI is InChI=1S/C6H14N3O5P/c7-5(10)2-1-4(6(8)11)9-3-15(12,13)14/h4,9H,1-3H2,(H2,7,10)(H2,8,11)(H2,12,13,14)/t4-/m0/s1. The maximum absolute atomic E-state index is 10.8. The van der Waals surface area contributed by atoms with Gasteiger partial charge >= 0.3 is 7.60 Å². The second-order valence-electron chi connectivity index (χ2n) is 2.99. The Hall–Kier alpha value is -0.950. The lowest BCUT2D eigenvalue weighted by Crippen LogP contribution is -2.42. The Bertz CT molecular complexity index is 288. The van der Waals surface area contributed by atoms with E-state index in [0.717, 1.165) is 0 Å². The fraction of sp³-hybridized carbons (Fsp3) is 0.667. The first-order valence-corrected chi connectivity index (χ1v) is 5.87. The zero-order valence-electron chi connectivity index (χ0n) is 7.92. The summed E-state index contributed by atoms with van der Waals surface area (Å²) in [5.41, 5.74) is 9.80. The Labute approximate surface area is 86.2 Å². The molecule has 1 atom stereocenters. The van der Waals surface area contributed by atoms with Gasteiger partial charge in [-0.05, 0) is 6.42 Å². The van der Waals surface area contributed by atoms with Crippen molar-refractivity contribution in [2.45, 2.75) is 18.9 Å². The van der Waals surface area contributed by atoms with E-state index in [-0.39, 0.29) is 12.8 Å². The topological polar surface area (TPSA) is 156 Å². The van der Waals surface area contributed by atoms with Crippen LogP contribution in [0.2, 0.25) is 0 Å². The number of carbonyl (C=O) groups excluding carboxylic acids is 2. The predicted octanol–water partition coefficient (Wildman–Crippen LogP) is -2.17. The molecule has 88 valence electrons. The van der Waals surface area contributed by atoms with Crippen LogP contribution in [0.5, 0.6) is 0 Å². The summed E-state index contributed by atoms with van der Waals surface area (Å²) in [4.78, 5) is 38.3. The summed E-state index contributed by atoms with van der Waals surface area (Å²) in [5.74, 6) is -1.40. The van der Waals surface area contributed by atoms with Crippen molar-refractivity contribution < 1.29 is 23.9 Å². The molecule has 0 saturated carbocycles. The highest BCUT2D eigenvalue weighted by Gasteiger charge is 2.20. The molecule has 7 N–H and O–H groups in total. The number of amides is 2. The third-order valence-corrected chi connectivity index (χ3v) is 2.16. The second kappa shape index (κ2) is 5.82. The highest BCUT2D eigenvalue weighted by Crippen LogP contribution is 2.32. The minimum absolute atomic E-state index is 0.0185. The molecule has 15 heavy (non-hydrogen) atoms. The fourth-order valence-electron chi connectivity index (χ4n) is 0.861. The van der Waals surface area contributed by atoms with Gasteiger partial charge in [0, 0.05) is 6.42 Å². The highest BCUT2D eigenvalue weighted by molar-refractivity contribution is 7.51. The molecule has 0 fully saturated rings. The Kier molecular flexibility index (Phi) is 5.45. The number of carbonyl (C=O) groups is 2. The summed E-state index contributed by atoms with van der Waals surface area (Å²) in [6.45, 7) is 0. The molecule has 9 heteroatoms. The minimum atomic E-state index is -4.24. The zero-order chi connectivity index (χ0) is 12.1. The summed E-state index contributed by atoms with van der Waals surface area (Å²) in [6, 6.07) is -0.967. The van der Waals surface area contributed by atoms with Crippen LogP contribution < -0.4 is 16.8 Å². The van der Waals surface area contributed by atoms with Gasteiger partial charge in [0.2, 0.25) is 11.8 Å². The first-order valence-electron chi connectivity index (χ1n) is 4.08. The van der Waals surface area contributed by atoms with E-state index >= 15 is 0 Å². The van der Waals surface area contributed by atoms with E-state index in [0.29, 0.717) is 0 Å². The van der Waals surface area contributed by atoms with Crippen LogP contribution in [0.25, 0.3) is 0 Å². The van der Waals surface area contributed by atoms with E-state index in [1.165, 1.54) is 0 Å². The minimum Gasteiger partial charge on any atom is -0.370 e. The Morgan fingerprint density at radius 1 is 1.33 bits per heavy atom. The number of primary amides is 2. The van der Waals surface area contributed by atoms with Gasteiger partial charge < -0.3 is 21.3 Å². The van der Waals surface area contributed by atoms with E-state index < -0.39 is 31.7 Å². The zero-order valence-corrected chi connectivity index (χ0v) is 8.81. The highest BCUT2D eigenvalue weighted by atomic mass is 31.2. The monoisotopic (exact) mass is 239 g/mol. The van der Waals surface area contributed by atoms with E-state index in [1.807, 2.05) is 0 Å². The van der Waals surface area contributed by atoms with Crippen LogP contribution in [0.4, 0.5) is 0 Å². The first kappa shape index (κ1) is 14.1. The molecule has 0 heterocycles. The van der Waals surface area contributed by atoms with Crippen molar-refractivity contribution in [1.29, 1.82) is 0 Å². The number of nitrogens with one attached hydrogen (secondary N) is 1. The molecule has 0 bridgehead atoms. The molecule has 2 amide bonds. The molecule has 0 radical (unpaired) electrons. The van der Waals surface area contributed by atoms with Gasteiger partial charge in [-0.25, -0.2) is 0 Å². The summed E-state index contributed by atoms with van der Waals surface area (Å²) in [5, 5.41) is 2.27. The smallest absolute Gasteiger partial charge is 0.339 e. The van der Waals surface area contributed by atoms with Gasteiger partial charge in [0.05, 0.1) is 12.3 Å². The molecule has 8 nitrogen and oxygen atoms in total. The molecule has 0 aliphatic carbocycles. The van der Waals surface area contributed by atoms with E-state index in [4.69, 9.17) is 21.3 Å². The molecule has 0 aromatic heterocycles. The number of hydrogen-bond donors (Lipinski definition) is 5. The van der Waals surface area contributed by atoms with Gasteiger partial charge in [-0.15, -0.1) is 0 Å².